The molecule has 0 saturated heterocycles. The molecule has 1 heterocycles. The van der Waals surface area contributed by atoms with E-state index in [-0.39, 0.29) is 5.41 Å². The Morgan fingerprint density at radius 2 is 2.15 bits per heavy atom. The highest BCUT2D eigenvalue weighted by atomic mass is 32.1. The van der Waals surface area contributed by atoms with Crippen LogP contribution in [0.3, 0.4) is 0 Å². The van der Waals surface area contributed by atoms with Gasteiger partial charge in [-0.1, -0.05) is 27.2 Å². The van der Waals surface area contributed by atoms with Gasteiger partial charge in [-0.15, -0.1) is 11.3 Å². The maximum Gasteiger partial charge on any atom is 0.107 e. The lowest BCUT2D eigenvalue weighted by Gasteiger charge is -2.35. The van der Waals surface area contributed by atoms with Gasteiger partial charge in [0, 0.05) is 9.75 Å². The van der Waals surface area contributed by atoms with Gasteiger partial charge < -0.3 is 5.11 Å². The fourth-order valence-corrected chi connectivity index (χ4v) is 5.22. The summed E-state index contributed by atoms with van der Waals surface area (Å²) in [5, 5.41) is 20.6. The Morgan fingerprint density at radius 3 is 2.60 bits per heavy atom. The van der Waals surface area contributed by atoms with Gasteiger partial charge in [-0.25, -0.2) is 0 Å². The summed E-state index contributed by atoms with van der Waals surface area (Å²) in [5.41, 5.74) is -0.417. The van der Waals surface area contributed by atoms with Crippen LogP contribution in [0.2, 0.25) is 0 Å². The van der Waals surface area contributed by atoms with E-state index < -0.39 is 11.5 Å². The lowest BCUT2D eigenvalue weighted by atomic mass is 9.70. The Balaban J connectivity index is 1.90. The van der Waals surface area contributed by atoms with Crippen molar-refractivity contribution in [2.45, 2.75) is 58.0 Å². The second-order valence-corrected chi connectivity index (χ2v) is 8.70. The van der Waals surface area contributed by atoms with E-state index in [0.29, 0.717) is 11.8 Å². The summed E-state index contributed by atoms with van der Waals surface area (Å²) in [4.78, 5) is 2.26. The van der Waals surface area contributed by atoms with Gasteiger partial charge >= 0.3 is 0 Å². The number of thiophene rings is 1. The summed E-state index contributed by atoms with van der Waals surface area (Å²) in [5.74, 6) is 1.06. The van der Waals surface area contributed by atoms with Gasteiger partial charge in [-0.2, -0.15) is 5.26 Å². The molecule has 2 aliphatic carbocycles. The molecule has 0 aromatic carbocycles. The molecule has 1 aromatic rings. The predicted octanol–water partition coefficient (Wildman–Crippen LogP) is 4.41. The molecule has 2 fully saturated rings. The zero-order valence-electron chi connectivity index (χ0n) is 12.5. The summed E-state index contributed by atoms with van der Waals surface area (Å²) in [7, 11) is 0. The fourth-order valence-electron chi connectivity index (χ4n) is 4.06. The van der Waals surface area contributed by atoms with Crippen LogP contribution in [0.1, 0.15) is 62.3 Å². The van der Waals surface area contributed by atoms with E-state index in [1.165, 1.54) is 11.3 Å². The third kappa shape index (κ3) is 2.01. The number of aliphatic hydroxyl groups excluding tert-OH is 1. The highest BCUT2D eigenvalue weighted by molar-refractivity contribution is 7.12. The SMILES string of the molecule is CC(C)(C)c1ccc(C(O)C2(C#N)CC3CCC2C3)s1. The maximum absolute atomic E-state index is 10.9. The predicted molar refractivity (Wildman–Crippen MR) is 81.5 cm³/mol. The Kier molecular flexibility index (Phi) is 3.23. The van der Waals surface area contributed by atoms with Crippen LogP contribution in [0.25, 0.3) is 0 Å². The average molecular weight is 289 g/mol. The molecule has 0 radical (unpaired) electrons. The Hall–Kier alpha value is -0.850. The first-order chi connectivity index (χ1) is 9.37. The third-order valence-corrected chi connectivity index (χ3v) is 6.79. The number of hydrogen-bond donors (Lipinski definition) is 1. The molecule has 2 aliphatic rings. The van der Waals surface area contributed by atoms with Crippen molar-refractivity contribution in [3.8, 4) is 6.07 Å². The summed E-state index contributed by atoms with van der Waals surface area (Å²) >= 11 is 1.67. The summed E-state index contributed by atoms with van der Waals surface area (Å²) in [6.07, 6.45) is 3.79. The van der Waals surface area contributed by atoms with Crippen LogP contribution in [0, 0.1) is 28.6 Å². The topological polar surface area (TPSA) is 44.0 Å². The van der Waals surface area contributed by atoms with Crippen molar-refractivity contribution in [2.75, 3.05) is 0 Å². The molecule has 0 aliphatic heterocycles. The molecule has 3 rings (SSSR count). The van der Waals surface area contributed by atoms with E-state index in [1.54, 1.807) is 11.3 Å². The molecule has 20 heavy (non-hydrogen) atoms. The molecule has 4 unspecified atom stereocenters. The minimum absolute atomic E-state index is 0.108. The molecular formula is C17H23NOS. The van der Waals surface area contributed by atoms with Crippen molar-refractivity contribution in [3.05, 3.63) is 21.9 Å². The normalized spacial score (nSPS) is 34.1. The van der Waals surface area contributed by atoms with E-state index >= 15 is 0 Å². The molecule has 2 bridgehead atoms. The molecule has 0 spiro atoms. The number of rotatable bonds is 2. The van der Waals surface area contributed by atoms with Crippen molar-refractivity contribution >= 4 is 11.3 Å². The largest absolute Gasteiger partial charge is 0.386 e. The number of nitrogens with zero attached hydrogens (tertiary/aromatic N) is 1. The molecule has 4 atom stereocenters. The van der Waals surface area contributed by atoms with Crippen LogP contribution in [-0.2, 0) is 5.41 Å². The van der Waals surface area contributed by atoms with Gasteiger partial charge in [0.05, 0.1) is 11.5 Å². The number of fused-ring (bicyclic) bond motifs is 2. The van der Waals surface area contributed by atoms with Crippen LogP contribution in [0.4, 0.5) is 0 Å². The Labute approximate surface area is 125 Å². The monoisotopic (exact) mass is 289 g/mol. The molecule has 1 N–H and O–H groups in total. The highest BCUT2D eigenvalue weighted by Crippen LogP contribution is 2.61. The van der Waals surface area contributed by atoms with Gasteiger partial charge in [0.2, 0.25) is 0 Å². The lowest BCUT2D eigenvalue weighted by Crippen LogP contribution is -2.32. The summed E-state index contributed by atoms with van der Waals surface area (Å²) in [6.45, 7) is 6.56. The molecule has 1 aromatic heterocycles. The molecule has 0 amide bonds. The summed E-state index contributed by atoms with van der Waals surface area (Å²) < 4.78 is 0. The van der Waals surface area contributed by atoms with Crippen LogP contribution >= 0.6 is 11.3 Å². The number of aliphatic hydroxyl groups is 1. The van der Waals surface area contributed by atoms with E-state index in [9.17, 15) is 10.4 Å². The first-order valence-corrected chi connectivity index (χ1v) is 8.38. The molecule has 2 saturated carbocycles. The van der Waals surface area contributed by atoms with Crippen LogP contribution in [-0.4, -0.2) is 5.11 Å². The smallest absolute Gasteiger partial charge is 0.107 e. The third-order valence-electron chi connectivity index (χ3n) is 5.23. The zero-order chi connectivity index (χ0) is 14.5. The van der Waals surface area contributed by atoms with Crippen LogP contribution in [0.15, 0.2) is 12.1 Å². The van der Waals surface area contributed by atoms with E-state index in [4.69, 9.17) is 0 Å². The van der Waals surface area contributed by atoms with Crippen molar-refractivity contribution in [3.63, 3.8) is 0 Å². The van der Waals surface area contributed by atoms with Gasteiger partial charge in [-0.3, -0.25) is 0 Å². The van der Waals surface area contributed by atoms with Crippen molar-refractivity contribution in [1.29, 1.82) is 5.26 Å². The highest BCUT2D eigenvalue weighted by Gasteiger charge is 2.56. The molecular weight excluding hydrogens is 266 g/mol. The molecule has 108 valence electrons. The van der Waals surface area contributed by atoms with Gasteiger partial charge in [0.15, 0.2) is 0 Å². The number of hydrogen-bond acceptors (Lipinski definition) is 3. The molecule has 2 nitrogen and oxygen atoms in total. The second kappa shape index (κ2) is 4.58. The van der Waals surface area contributed by atoms with Gasteiger partial charge in [0.1, 0.15) is 6.10 Å². The second-order valence-electron chi connectivity index (χ2n) is 7.59. The first-order valence-electron chi connectivity index (χ1n) is 7.56. The minimum atomic E-state index is -0.608. The quantitative estimate of drug-likeness (QED) is 0.876. The lowest BCUT2D eigenvalue weighted by molar-refractivity contribution is 0.0259. The van der Waals surface area contributed by atoms with Crippen molar-refractivity contribution in [2.24, 2.45) is 17.3 Å². The summed E-state index contributed by atoms with van der Waals surface area (Å²) in [6, 6.07) is 6.65. The van der Waals surface area contributed by atoms with Gasteiger partial charge in [-0.05, 0) is 48.6 Å². The standard InChI is InChI=1S/C17H23NOS/c1-16(2,3)14-7-6-13(20-14)15(19)17(10-18)9-11-4-5-12(17)8-11/h6-7,11-12,15,19H,4-5,8-9H2,1-3H3. The Bertz CT molecular complexity index is 550. The van der Waals surface area contributed by atoms with E-state index in [1.807, 2.05) is 6.07 Å². The average Bonchev–Trinajstić information content (AvgIpc) is 3.11. The van der Waals surface area contributed by atoms with Crippen LogP contribution < -0.4 is 0 Å². The maximum atomic E-state index is 10.9. The van der Waals surface area contributed by atoms with E-state index in [0.717, 1.165) is 24.1 Å². The van der Waals surface area contributed by atoms with Crippen molar-refractivity contribution in [1.82, 2.24) is 0 Å². The first kappa shape index (κ1) is 14.1. The van der Waals surface area contributed by atoms with Crippen molar-refractivity contribution < 1.29 is 5.11 Å². The Morgan fingerprint density at radius 1 is 1.40 bits per heavy atom. The minimum Gasteiger partial charge on any atom is -0.386 e. The zero-order valence-corrected chi connectivity index (χ0v) is 13.3. The van der Waals surface area contributed by atoms with Crippen LogP contribution in [0.5, 0.6) is 0 Å². The van der Waals surface area contributed by atoms with Gasteiger partial charge in [0.25, 0.3) is 0 Å². The fraction of sp³-hybridized carbons (Fsp3) is 0.706. The molecule has 3 heteroatoms. The van der Waals surface area contributed by atoms with E-state index in [2.05, 4.69) is 32.9 Å². The number of nitriles is 1.